The summed E-state index contributed by atoms with van der Waals surface area (Å²) in [4.78, 5) is 37.1. The molecule has 0 aliphatic carbocycles. The Kier molecular flexibility index (Phi) is 52.0. The zero-order valence-electron chi connectivity index (χ0n) is 48.2. The van der Waals surface area contributed by atoms with Crippen molar-refractivity contribution in [3.8, 4) is 0 Å². The van der Waals surface area contributed by atoms with Crippen LogP contribution in [0.1, 0.15) is 155 Å². The van der Waals surface area contributed by atoms with Gasteiger partial charge in [0, 0.05) is 6.42 Å². The first-order chi connectivity index (χ1) is 37.6. The zero-order valence-corrected chi connectivity index (χ0v) is 48.2. The van der Waals surface area contributed by atoms with Crippen molar-refractivity contribution in [2.75, 3.05) is 47.5 Å². The van der Waals surface area contributed by atoms with Crippen molar-refractivity contribution in [1.82, 2.24) is 0 Å². The molecule has 0 saturated carbocycles. The molecule has 0 fully saturated rings. The predicted molar refractivity (Wildman–Crippen MR) is 324 cm³/mol. The maximum atomic E-state index is 12.8. The van der Waals surface area contributed by atoms with Crippen molar-refractivity contribution < 1.29 is 42.9 Å². The molecule has 0 N–H and O–H groups in total. The Morgan fingerprint density at radius 3 is 1.08 bits per heavy atom. The third-order valence-electron chi connectivity index (χ3n) is 10.9. The SMILES string of the molecule is CC/C=C\C/C=C\C/C=C\C/C=C\C/C=C\C/C=C\C/C=C\C/C=C\C/C=C\C/C=C\C/C=C\CCCCCC(=O)OC(COC(=O)C/C=C\C/C=C\C/C=C\C/C=C\C/C=C\CC)COC(OCC[N+](C)(C)C)C(=O)[O-]. The second-order valence-electron chi connectivity index (χ2n) is 19.1. The van der Waals surface area contributed by atoms with Gasteiger partial charge in [-0.15, -0.1) is 0 Å². The lowest BCUT2D eigenvalue weighted by Crippen LogP contribution is -2.44. The quantitative estimate of drug-likeness (QED) is 0.0195. The van der Waals surface area contributed by atoms with E-state index in [9.17, 15) is 19.5 Å². The number of esters is 2. The number of carboxylic acid groups (broad SMARTS) is 1. The number of quaternary nitrogens is 1. The largest absolute Gasteiger partial charge is 0.545 e. The molecule has 77 heavy (non-hydrogen) atoms. The van der Waals surface area contributed by atoms with Crippen LogP contribution in [0.25, 0.3) is 0 Å². The van der Waals surface area contributed by atoms with Crippen LogP contribution in [0.15, 0.2) is 194 Å². The molecule has 0 aromatic carbocycles. The molecule has 2 atom stereocenters. The molecule has 2 unspecified atom stereocenters. The number of hydrogen-bond acceptors (Lipinski definition) is 8. The van der Waals surface area contributed by atoms with Crippen LogP contribution in [0.5, 0.6) is 0 Å². The molecular weight excluding hydrogens is 959 g/mol. The molecule has 9 nitrogen and oxygen atoms in total. The number of carboxylic acids is 1. The summed E-state index contributed by atoms with van der Waals surface area (Å²) < 4.78 is 22.4. The van der Waals surface area contributed by atoms with Gasteiger partial charge in [0.15, 0.2) is 12.4 Å². The number of allylic oxidation sites excluding steroid dienone is 31. The first kappa shape index (κ1) is 71.1. The summed E-state index contributed by atoms with van der Waals surface area (Å²) in [5.41, 5.74) is 0. The third-order valence-corrected chi connectivity index (χ3v) is 10.9. The lowest BCUT2D eigenvalue weighted by molar-refractivity contribution is -0.870. The van der Waals surface area contributed by atoms with E-state index in [0.717, 1.165) is 116 Å². The van der Waals surface area contributed by atoms with Crippen LogP contribution in [0.4, 0.5) is 0 Å². The number of carbonyl (C=O) groups is 3. The molecule has 0 radical (unpaired) electrons. The van der Waals surface area contributed by atoms with Gasteiger partial charge in [-0.3, -0.25) is 9.59 Å². The van der Waals surface area contributed by atoms with E-state index in [1.807, 2.05) is 33.3 Å². The van der Waals surface area contributed by atoms with Gasteiger partial charge in [0.25, 0.3) is 0 Å². The van der Waals surface area contributed by atoms with E-state index < -0.39 is 30.3 Å². The number of carbonyl (C=O) groups excluding carboxylic acids is 3. The summed E-state index contributed by atoms with van der Waals surface area (Å²) in [6, 6.07) is 0. The normalized spacial score (nSPS) is 14.2. The lowest BCUT2D eigenvalue weighted by Gasteiger charge is -2.26. The summed E-state index contributed by atoms with van der Waals surface area (Å²) in [7, 11) is 5.86. The molecule has 0 heterocycles. The Morgan fingerprint density at radius 1 is 0.403 bits per heavy atom. The van der Waals surface area contributed by atoms with Gasteiger partial charge in [-0.05, 0) is 122 Å². The minimum absolute atomic E-state index is 0.0399. The maximum Gasteiger partial charge on any atom is 0.309 e. The van der Waals surface area contributed by atoms with Crippen molar-refractivity contribution in [3.63, 3.8) is 0 Å². The molecule has 426 valence electrons. The predicted octanol–water partition coefficient (Wildman–Crippen LogP) is 15.8. The average Bonchev–Trinajstić information content (AvgIpc) is 3.40. The summed E-state index contributed by atoms with van der Waals surface area (Å²) in [5, 5.41) is 11.7. The summed E-state index contributed by atoms with van der Waals surface area (Å²) >= 11 is 0. The Balaban J connectivity index is 4.40. The highest BCUT2D eigenvalue weighted by Gasteiger charge is 2.21. The molecule has 0 aliphatic heterocycles. The summed E-state index contributed by atoms with van der Waals surface area (Å²) in [5.74, 6) is -2.53. The van der Waals surface area contributed by atoms with Gasteiger partial charge in [0.2, 0.25) is 0 Å². The monoisotopic (exact) mass is 1060 g/mol. The molecule has 0 amide bonds. The smallest absolute Gasteiger partial charge is 0.309 e. The highest BCUT2D eigenvalue weighted by molar-refractivity contribution is 5.71. The summed E-state index contributed by atoms with van der Waals surface area (Å²) in [6.45, 7) is 4.31. The van der Waals surface area contributed by atoms with Gasteiger partial charge >= 0.3 is 11.9 Å². The van der Waals surface area contributed by atoms with E-state index in [1.165, 1.54) is 0 Å². The summed E-state index contributed by atoms with van der Waals surface area (Å²) in [6.07, 6.45) is 85.2. The van der Waals surface area contributed by atoms with Crippen LogP contribution in [0.2, 0.25) is 0 Å². The van der Waals surface area contributed by atoms with E-state index >= 15 is 0 Å². The van der Waals surface area contributed by atoms with Crippen LogP contribution >= 0.6 is 0 Å². The fourth-order valence-corrected chi connectivity index (χ4v) is 6.55. The fourth-order valence-electron chi connectivity index (χ4n) is 6.55. The number of ether oxygens (including phenoxy) is 4. The van der Waals surface area contributed by atoms with Crippen molar-refractivity contribution in [2.24, 2.45) is 0 Å². The molecule has 0 spiro atoms. The Hall–Kier alpha value is -5.87. The van der Waals surface area contributed by atoms with Crippen molar-refractivity contribution in [2.45, 2.75) is 167 Å². The van der Waals surface area contributed by atoms with Crippen LogP contribution in [-0.4, -0.2) is 82.3 Å². The van der Waals surface area contributed by atoms with E-state index in [2.05, 4.69) is 190 Å². The van der Waals surface area contributed by atoms with Gasteiger partial charge in [-0.2, -0.15) is 0 Å². The minimum Gasteiger partial charge on any atom is -0.545 e. The number of likely N-dealkylation sites (N-methyl/N-ethyl adjacent to an activating group) is 1. The number of nitrogens with zero attached hydrogens (tertiary/aromatic N) is 1. The average molecular weight is 1060 g/mol. The van der Waals surface area contributed by atoms with Crippen LogP contribution < -0.4 is 5.11 Å². The minimum atomic E-state index is -1.66. The Labute approximate surface area is 468 Å². The number of rotatable bonds is 49. The van der Waals surface area contributed by atoms with Crippen LogP contribution in [0, 0.1) is 0 Å². The van der Waals surface area contributed by atoms with Crippen molar-refractivity contribution >= 4 is 17.9 Å². The van der Waals surface area contributed by atoms with E-state index in [4.69, 9.17) is 18.9 Å². The molecule has 9 heteroatoms. The highest BCUT2D eigenvalue weighted by atomic mass is 16.7. The topological polar surface area (TPSA) is 111 Å². The van der Waals surface area contributed by atoms with Crippen molar-refractivity contribution in [1.29, 1.82) is 0 Å². The molecule has 0 rings (SSSR count). The van der Waals surface area contributed by atoms with Gasteiger partial charge < -0.3 is 33.3 Å². The molecule has 0 aromatic rings. The van der Waals surface area contributed by atoms with E-state index in [0.29, 0.717) is 23.9 Å². The zero-order chi connectivity index (χ0) is 56.2. The van der Waals surface area contributed by atoms with Crippen LogP contribution in [0.3, 0.4) is 0 Å². The molecule has 0 aliphatic rings. The highest BCUT2D eigenvalue weighted by Crippen LogP contribution is 2.10. The molecular formula is C68H101NO8. The second kappa shape index (κ2) is 56.3. The van der Waals surface area contributed by atoms with E-state index in [-0.39, 0.29) is 32.7 Å². The number of unbranched alkanes of at least 4 members (excludes halogenated alkanes) is 3. The number of aliphatic carboxylic acids is 1. The number of hydrogen-bond donors (Lipinski definition) is 0. The van der Waals surface area contributed by atoms with Gasteiger partial charge in [0.05, 0.1) is 46.7 Å². The Bertz CT molecular complexity index is 1960. The third kappa shape index (κ3) is 57.7. The molecule has 0 bridgehead atoms. The maximum absolute atomic E-state index is 12.8. The van der Waals surface area contributed by atoms with Gasteiger partial charge in [0.1, 0.15) is 13.2 Å². The van der Waals surface area contributed by atoms with Crippen molar-refractivity contribution in [3.05, 3.63) is 194 Å². The first-order valence-electron chi connectivity index (χ1n) is 28.6. The molecule has 0 aromatic heterocycles. The first-order valence-corrected chi connectivity index (χ1v) is 28.6. The van der Waals surface area contributed by atoms with E-state index in [1.54, 1.807) is 6.08 Å². The fraction of sp³-hybridized carbons (Fsp3) is 0.485. The van der Waals surface area contributed by atoms with Crippen LogP contribution in [-0.2, 0) is 33.3 Å². The second-order valence-corrected chi connectivity index (χ2v) is 19.1. The lowest BCUT2D eigenvalue weighted by atomic mass is 10.1. The standard InChI is InChI=1S/C68H101NO8/c1-6-8-10-12-14-16-18-20-22-23-24-25-26-27-28-29-30-31-32-33-34-35-36-37-38-39-40-41-42-43-45-47-49-51-53-55-57-59-66(71)77-64(63-76-68(67(72)73)74-61-60-69(3,4)5)62-75-65(70)58-56-54-52-50-48-46-44-21-19-17-15-13-11-9-7-2/h8-11,14-17,20-22,24-25,27-28,30-31,33-34,36-37,39-40,42-44,47-50,54,56,64,68H,6-7,12-13,18-19,23,26,29,32,35,38,41,45-46,51-53,55,57-63H2,1-5H3/b10-8-,11-9-,16-14-,17-15-,22-20-,25-24-,28-27-,31-30-,34-33-,37-36-,40-39-,43-42-,44-21-,49-47-,50-48-,56-54-. The van der Waals surface area contributed by atoms with Gasteiger partial charge in [-0.1, -0.05) is 215 Å². The Morgan fingerprint density at radius 2 is 0.740 bits per heavy atom. The van der Waals surface area contributed by atoms with Gasteiger partial charge in [-0.25, -0.2) is 0 Å². The molecule has 0 saturated heterocycles.